The molecule has 0 unspecified atom stereocenters. The highest BCUT2D eigenvalue weighted by atomic mass is 16.1. The van der Waals surface area contributed by atoms with Crippen LogP contribution in [0.4, 0.5) is 0 Å². The zero-order valence-corrected chi connectivity index (χ0v) is 17.6. The Morgan fingerprint density at radius 1 is 0.758 bits per heavy atom. The number of hydrogen-bond donors (Lipinski definition) is 1. The van der Waals surface area contributed by atoms with Crippen molar-refractivity contribution in [2.75, 3.05) is 0 Å². The summed E-state index contributed by atoms with van der Waals surface area (Å²) in [6, 6.07) is 29.5. The molecular formula is C27H19N5O. The van der Waals surface area contributed by atoms with Gasteiger partial charge in [0.15, 0.2) is 11.3 Å². The van der Waals surface area contributed by atoms with Crippen LogP contribution >= 0.6 is 0 Å². The molecular weight excluding hydrogens is 410 g/mol. The van der Waals surface area contributed by atoms with Crippen molar-refractivity contribution in [3.8, 4) is 11.3 Å². The van der Waals surface area contributed by atoms with Crippen LogP contribution in [0.2, 0.25) is 0 Å². The van der Waals surface area contributed by atoms with Crippen LogP contribution in [0, 0.1) is 0 Å². The molecule has 0 amide bonds. The van der Waals surface area contributed by atoms with Crippen LogP contribution in [-0.2, 0) is 0 Å². The van der Waals surface area contributed by atoms with E-state index in [4.69, 9.17) is 4.98 Å². The lowest BCUT2D eigenvalue weighted by atomic mass is 9.98. The highest BCUT2D eigenvalue weighted by Gasteiger charge is 2.23. The number of nitrogens with zero attached hydrogens (tertiary/aromatic N) is 4. The number of hydrogen-bond acceptors (Lipinski definition) is 4. The number of nitrogens with one attached hydrogen (secondary N) is 1. The van der Waals surface area contributed by atoms with Crippen molar-refractivity contribution in [3.05, 3.63) is 125 Å². The average molecular weight is 429 g/mol. The zero-order chi connectivity index (χ0) is 22.2. The van der Waals surface area contributed by atoms with Crippen molar-refractivity contribution in [2.24, 2.45) is 0 Å². The molecule has 3 aromatic carbocycles. The van der Waals surface area contributed by atoms with Gasteiger partial charge in [0.2, 0.25) is 0 Å². The summed E-state index contributed by atoms with van der Waals surface area (Å²) in [4.78, 5) is 30.0. The minimum absolute atomic E-state index is 0.251. The lowest BCUT2D eigenvalue weighted by Gasteiger charge is -2.19. The lowest BCUT2D eigenvalue weighted by molar-refractivity contribution is 0.667. The van der Waals surface area contributed by atoms with Gasteiger partial charge in [0, 0.05) is 17.1 Å². The number of imidazole rings is 1. The monoisotopic (exact) mass is 429 g/mol. The number of pyridine rings is 1. The number of benzene rings is 3. The summed E-state index contributed by atoms with van der Waals surface area (Å²) in [7, 11) is 0. The molecule has 3 heterocycles. The molecule has 0 atom stereocenters. The first-order chi connectivity index (χ1) is 16.3. The molecule has 0 saturated heterocycles. The van der Waals surface area contributed by atoms with Crippen LogP contribution in [0.25, 0.3) is 33.5 Å². The molecule has 3 aromatic heterocycles. The third-order valence-corrected chi connectivity index (χ3v) is 5.84. The van der Waals surface area contributed by atoms with Gasteiger partial charge in [-0.15, -0.1) is 0 Å². The maximum Gasteiger partial charge on any atom is 0.329 e. The van der Waals surface area contributed by atoms with Gasteiger partial charge in [0.1, 0.15) is 0 Å². The van der Waals surface area contributed by atoms with Gasteiger partial charge in [-0.2, -0.15) is 0 Å². The SMILES string of the molecule is O=c1[nH]c2ncc(-c3cccc4ncccc34)nc2n1C(c1ccccc1)c1ccccc1. The molecule has 6 heteroatoms. The van der Waals surface area contributed by atoms with Crippen LogP contribution in [-0.4, -0.2) is 24.5 Å². The third kappa shape index (κ3) is 3.29. The zero-order valence-electron chi connectivity index (χ0n) is 17.6. The maximum atomic E-state index is 13.2. The Morgan fingerprint density at radius 2 is 1.48 bits per heavy atom. The van der Waals surface area contributed by atoms with Gasteiger partial charge in [-0.3, -0.25) is 14.5 Å². The predicted octanol–water partition coefficient (Wildman–Crippen LogP) is 4.97. The quantitative estimate of drug-likeness (QED) is 0.429. The van der Waals surface area contributed by atoms with E-state index in [1.54, 1.807) is 17.0 Å². The maximum absolute atomic E-state index is 13.2. The molecule has 0 bridgehead atoms. The van der Waals surface area contributed by atoms with Gasteiger partial charge < -0.3 is 0 Å². The minimum atomic E-state index is -0.340. The van der Waals surface area contributed by atoms with Gasteiger partial charge in [0.05, 0.1) is 23.4 Å². The van der Waals surface area contributed by atoms with Crippen LogP contribution in [0.5, 0.6) is 0 Å². The van der Waals surface area contributed by atoms with E-state index in [9.17, 15) is 4.79 Å². The second-order valence-corrected chi connectivity index (χ2v) is 7.83. The second-order valence-electron chi connectivity index (χ2n) is 7.83. The summed E-state index contributed by atoms with van der Waals surface area (Å²) in [5.41, 5.74) is 5.20. The van der Waals surface area contributed by atoms with E-state index in [0.29, 0.717) is 17.0 Å². The number of fused-ring (bicyclic) bond motifs is 2. The topological polar surface area (TPSA) is 76.5 Å². The molecule has 158 valence electrons. The molecule has 0 aliphatic carbocycles. The van der Waals surface area contributed by atoms with Crippen molar-refractivity contribution < 1.29 is 0 Å². The fourth-order valence-corrected chi connectivity index (χ4v) is 4.35. The summed E-state index contributed by atoms with van der Waals surface area (Å²) in [5, 5.41) is 0.987. The summed E-state index contributed by atoms with van der Waals surface area (Å²) >= 11 is 0. The van der Waals surface area contributed by atoms with E-state index in [2.05, 4.69) is 15.0 Å². The summed E-state index contributed by atoms with van der Waals surface area (Å²) in [6.07, 6.45) is 3.47. The third-order valence-electron chi connectivity index (χ3n) is 5.84. The molecule has 0 fully saturated rings. The molecule has 0 radical (unpaired) electrons. The molecule has 6 aromatic rings. The molecule has 0 aliphatic rings. The van der Waals surface area contributed by atoms with Crippen molar-refractivity contribution >= 4 is 22.2 Å². The standard InChI is InChI=1S/C27H19N5O/c33-27-31-25-26(30-23(17-29-25)21-13-7-15-22-20(21)14-8-16-28-22)32(27)24(18-9-3-1-4-10-18)19-11-5-2-6-12-19/h1-17,24H,(H,29,31,33). The highest BCUT2D eigenvalue weighted by molar-refractivity contribution is 5.93. The Kier molecular flexibility index (Phi) is 4.54. The van der Waals surface area contributed by atoms with E-state index in [1.807, 2.05) is 91.0 Å². The largest absolute Gasteiger partial charge is 0.329 e. The molecule has 0 saturated carbocycles. The van der Waals surface area contributed by atoms with Crippen LogP contribution in [0.3, 0.4) is 0 Å². The Hall–Kier alpha value is -4.58. The Balaban J connectivity index is 1.61. The smallest absolute Gasteiger partial charge is 0.289 e. The van der Waals surface area contributed by atoms with Crippen molar-refractivity contribution in [2.45, 2.75) is 6.04 Å². The van der Waals surface area contributed by atoms with E-state index in [-0.39, 0.29) is 11.7 Å². The minimum Gasteiger partial charge on any atom is -0.289 e. The van der Waals surface area contributed by atoms with Gasteiger partial charge in [0.25, 0.3) is 0 Å². The van der Waals surface area contributed by atoms with Crippen molar-refractivity contribution in [1.82, 2.24) is 24.5 Å². The summed E-state index contributed by atoms with van der Waals surface area (Å²) in [6.45, 7) is 0. The molecule has 1 N–H and O–H groups in total. The van der Waals surface area contributed by atoms with Gasteiger partial charge in [-0.1, -0.05) is 78.9 Å². The molecule has 33 heavy (non-hydrogen) atoms. The van der Waals surface area contributed by atoms with Crippen molar-refractivity contribution in [1.29, 1.82) is 0 Å². The van der Waals surface area contributed by atoms with E-state index >= 15 is 0 Å². The first kappa shape index (κ1) is 19.1. The average Bonchev–Trinajstić information content (AvgIpc) is 3.20. The van der Waals surface area contributed by atoms with E-state index in [0.717, 1.165) is 27.6 Å². The molecule has 6 nitrogen and oxygen atoms in total. The first-order valence-electron chi connectivity index (χ1n) is 10.7. The van der Waals surface area contributed by atoms with E-state index in [1.165, 1.54) is 0 Å². The first-order valence-corrected chi connectivity index (χ1v) is 10.7. The van der Waals surface area contributed by atoms with Crippen LogP contribution in [0.15, 0.2) is 108 Å². The number of H-pyrrole nitrogens is 1. The Morgan fingerprint density at radius 3 is 2.21 bits per heavy atom. The van der Waals surface area contributed by atoms with Gasteiger partial charge in [-0.25, -0.2) is 14.8 Å². The molecule has 6 rings (SSSR count). The molecule has 0 aliphatic heterocycles. The van der Waals surface area contributed by atoms with Crippen molar-refractivity contribution in [3.63, 3.8) is 0 Å². The second kappa shape index (κ2) is 7.84. The highest BCUT2D eigenvalue weighted by Crippen LogP contribution is 2.30. The number of aromatic nitrogens is 5. The van der Waals surface area contributed by atoms with Crippen LogP contribution in [0.1, 0.15) is 17.2 Å². The predicted molar refractivity (Wildman–Crippen MR) is 129 cm³/mol. The number of rotatable bonds is 4. The summed E-state index contributed by atoms with van der Waals surface area (Å²) in [5.74, 6) is 0. The lowest BCUT2D eigenvalue weighted by Crippen LogP contribution is -2.24. The Labute approximate surface area is 189 Å². The van der Waals surface area contributed by atoms with Crippen LogP contribution < -0.4 is 5.69 Å². The fraction of sp³-hybridized carbons (Fsp3) is 0.0370. The van der Waals surface area contributed by atoms with Gasteiger partial charge >= 0.3 is 5.69 Å². The fourth-order valence-electron chi connectivity index (χ4n) is 4.35. The van der Waals surface area contributed by atoms with Gasteiger partial charge in [-0.05, 0) is 23.3 Å². The summed E-state index contributed by atoms with van der Waals surface area (Å²) < 4.78 is 1.69. The normalized spacial score (nSPS) is 11.4. The molecule has 0 spiro atoms. The number of aromatic amines is 1. The Bertz CT molecular complexity index is 1590. The van der Waals surface area contributed by atoms with E-state index < -0.39 is 0 Å².